The van der Waals surface area contributed by atoms with Crippen molar-refractivity contribution in [3.05, 3.63) is 47.7 Å². The van der Waals surface area contributed by atoms with Crippen molar-refractivity contribution >= 4 is 24.1 Å². The van der Waals surface area contributed by atoms with Gasteiger partial charge in [0, 0.05) is 5.56 Å². The predicted molar refractivity (Wildman–Crippen MR) is 117 cm³/mol. The van der Waals surface area contributed by atoms with Crippen LogP contribution < -0.4 is 10.6 Å². The Bertz CT molecular complexity index is 1080. The number of rotatable bonds is 10. The normalized spacial score (nSPS) is 15.9. The summed E-state index contributed by atoms with van der Waals surface area (Å²) in [6, 6.07) is 4.79. The highest BCUT2D eigenvalue weighted by Crippen LogP contribution is 2.33. The second kappa shape index (κ2) is 11.2. The first kappa shape index (κ1) is 26.0. The highest BCUT2D eigenvalue weighted by atomic mass is 19.4. The Morgan fingerprint density at radius 1 is 1.11 bits per heavy atom. The molecule has 1 aromatic heterocycles. The van der Waals surface area contributed by atoms with Gasteiger partial charge in [-0.05, 0) is 36.6 Å². The number of furan rings is 1. The third kappa shape index (κ3) is 7.17. The van der Waals surface area contributed by atoms with E-state index in [1.807, 2.05) is 0 Å². The van der Waals surface area contributed by atoms with E-state index < -0.39 is 48.0 Å². The van der Waals surface area contributed by atoms with Crippen LogP contribution in [0, 0.1) is 5.92 Å². The number of aldehydes is 1. The molecule has 0 radical (unpaired) electrons. The largest absolute Gasteiger partial charge is 0.481 e. The van der Waals surface area contributed by atoms with Gasteiger partial charge in [-0.2, -0.15) is 13.2 Å². The van der Waals surface area contributed by atoms with Crippen LogP contribution in [-0.4, -0.2) is 41.3 Å². The second-order valence-corrected chi connectivity index (χ2v) is 8.50. The molecule has 3 N–H and O–H groups in total. The third-order valence-corrected chi connectivity index (χ3v) is 5.86. The standard InChI is InChI=1S/C24H25F3N2O6/c25-24(26,27)16-7-3-6-15(11-16)19-8-9-20(35-19)23(34)29-18(10-14-4-1-2-5-14)22(33)28-17(13-30)12-21(31)32/h3,6-9,11,13-14,17-18H,1-2,4-5,10,12H2,(H,28,33)(H,29,34)(H,31,32)/t17-,18+/m1/s1. The molecule has 1 aliphatic rings. The fourth-order valence-electron chi connectivity index (χ4n) is 4.11. The molecule has 1 aromatic carbocycles. The molecule has 2 atom stereocenters. The van der Waals surface area contributed by atoms with Crippen molar-refractivity contribution in [2.45, 2.75) is 56.8 Å². The van der Waals surface area contributed by atoms with E-state index in [4.69, 9.17) is 9.52 Å². The number of alkyl halides is 3. The molecule has 0 unspecified atom stereocenters. The van der Waals surface area contributed by atoms with Crippen LogP contribution in [0.25, 0.3) is 11.3 Å². The van der Waals surface area contributed by atoms with Gasteiger partial charge in [0.1, 0.15) is 18.1 Å². The summed E-state index contributed by atoms with van der Waals surface area (Å²) < 4.78 is 44.5. The van der Waals surface area contributed by atoms with E-state index in [0.717, 1.165) is 37.8 Å². The quantitative estimate of drug-likeness (QED) is 0.432. The summed E-state index contributed by atoms with van der Waals surface area (Å²) in [5, 5.41) is 13.8. The Labute approximate surface area is 198 Å². The number of hydrogen-bond donors (Lipinski definition) is 3. The predicted octanol–water partition coefficient (Wildman–Crippen LogP) is 3.80. The minimum absolute atomic E-state index is 0.0421. The van der Waals surface area contributed by atoms with Crippen LogP contribution in [-0.2, 0) is 20.6 Å². The molecule has 1 saturated carbocycles. The maximum Gasteiger partial charge on any atom is 0.416 e. The first-order valence-corrected chi connectivity index (χ1v) is 11.1. The van der Waals surface area contributed by atoms with Gasteiger partial charge in [-0.25, -0.2) is 0 Å². The molecule has 188 valence electrons. The van der Waals surface area contributed by atoms with Crippen molar-refractivity contribution < 1.29 is 41.9 Å². The Balaban J connectivity index is 1.75. The molecule has 1 heterocycles. The van der Waals surface area contributed by atoms with E-state index in [1.165, 1.54) is 24.3 Å². The van der Waals surface area contributed by atoms with Gasteiger partial charge < -0.3 is 25.0 Å². The summed E-state index contributed by atoms with van der Waals surface area (Å²) >= 11 is 0. The van der Waals surface area contributed by atoms with Crippen LogP contribution in [0.1, 0.15) is 54.6 Å². The van der Waals surface area contributed by atoms with Crippen LogP contribution in [0.3, 0.4) is 0 Å². The van der Waals surface area contributed by atoms with Crippen molar-refractivity contribution in [2.75, 3.05) is 0 Å². The summed E-state index contributed by atoms with van der Waals surface area (Å²) in [6.45, 7) is 0. The van der Waals surface area contributed by atoms with Gasteiger partial charge >= 0.3 is 12.1 Å². The molecule has 1 aliphatic carbocycles. The summed E-state index contributed by atoms with van der Waals surface area (Å²) in [4.78, 5) is 47.7. The smallest absolute Gasteiger partial charge is 0.416 e. The topological polar surface area (TPSA) is 126 Å². The number of carboxylic acids is 1. The van der Waals surface area contributed by atoms with E-state index in [-0.39, 0.29) is 29.4 Å². The Hall–Kier alpha value is -3.63. The summed E-state index contributed by atoms with van der Waals surface area (Å²) in [5.41, 5.74) is -0.738. The molecule has 1 fully saturated rings. The molecule has 8 nitrogen and oxygen atoms in total. The number of carbonyl (C=O) groups excluding carboxylic acids is 3. The van der Waals surface area contributed by atoms with Gasteiger partial charge in [0.25, 0.3) is 5.91 Å². The number of carboxylic acid groups (broad SMARTS) is 1. The van der Waals surface area contributed by atoms with Gasteiger partial charge in [0.15, 0.2) is 5.76 Å². The van der Waals surface area contributed by atoms with Gasteiger partial charge in [0.05, 0.1) is 18.0 Å². The number of benzene rings is 1. The molecule has 0 saturated heterocycles. The molecule has 11 heteroatoms. The lowest BCUT2D eigenvalue weighted by Crippen LogP contribution is -2.51. The number of hydrogen-bond acceptors (Lipinski definition) is 5. The molecule has 0 bridgehead atoms. The molecular weight excluding hydrogens is 469 g/mol. The summed E-state index contributed by atoms with van der Waals surface area (Å²) in [5.74, 6) is -2.73. The number of aliphatic carboxylic acids is 1. The lowest BCUT2D eigenvalue weighted by molar-refractivity contribution is -0.139. The zero-order chi connectivity index (χ0) is 25.6. The average molecular weight is 494 g/mol. The molecule has 2 amide bonds. The summed E-state index contributed by atoms with van der Waals surface area (Å²) in [6.07, 6.45) is -0.825. The molecule has 2 aromatic rings. The van der Waals surface area contributed by atoms with Crippen LogP contribution in [0.2, 0.25) is 0 Å². The van der Waals surface area contributed by atoms with Crippen molar-refractivity contribution in [2.24, 2.45) is 5.92 Å². The molecular formula is C24H25F3N2O6. The van der Waals surface area contributed by atoms with Crippen LogP contribution in [0.15, 0.2) is 40.8 Å². The maximum absolute atomic E-state index is 13.0. The van der Waals surface area contributed by atoms with E-state index in [1.54, 1.807) is 0 Å². The van der Waals surface area contributed by atoms with Crippen LogP contribution >= 0.6 is 0 Å². The Morgan fingerprint density at radius 3 is 2.46 bits per heavy atom. The third-order valence-electron chi connectivity index (χ3n) is 5.86. The van der Waals surface area contributed by atoms with E-state index in [0.29, 0.717) is 6.29 Å². The van der Waals surface area contributed by atoms with Gasteiger partial charge in [-0.1, -0.05) is 37.8 Å². The highest BCUT2D eigenvalue weighted by molar-refractivity contribution is 5.96. The van der Waals surface area contributed by atoms with Crippen molar-refractivity contribution in [1.82, 2.24) is 10.6 Å². The zero-order valence-electron chi connectivity index (χ0n) is 18.6. The fraction of sp³-hybridized carbons (Fsp3) is 0.417. The minimum Gasteiger partial charge on any atom is -0.481 e. The molecule has 35 heavy (non-hydrogen) atoms. The molecule has 0 aliphatic heterocycles. The summed E-state index contributed by atoms with van der Waals surface area (Å²) in [7, 11) is 0. The fourth-order valence-corrected chi connectivity index (χ4v) is 4.11. The monoisotopic (exact) mass is 494 g/mol. The van der Waals surface area contributed by atoms with Crippen LogP contribution in [0.5, 0.6) is 0 Å². The number of halogens is 3. The van der Waals surface area contributed by atoms with Crippen molar-refractivity contribution in [1.29, 1.82) is 0 Å². The first-order chi connectivity index (χ1) is 16.6. The van der Waals surface area contributed by atoms with Crippen LogP contribution in [0.4, 0.5) is 13.2 Å². The molecule has 3 rings (SSSR count). The zero-order valence-corrected chi connectivity index (χ0v) is 18.6. The Morgan fingerprint density at radius 2 is 1.83 bits per heavy atom. The number of amides is 2. The highest BCUT2D eigenvalue weighted by Gasteiger charge is 2.31. The minimum atomic E-state index is -4.54. The van der Waals surface area contributed by atoms with Gasteiger partial charge in [-0.15, -0.1) is 0 Å². The van der Waals surface area contributed by atoms with Crippen molar-refractivity contribution in [3.8, 4) is 11.3 Å². The van der Waals surface area contributed by atoms with E-state index in [9.17, 15) is 32.3 Å². The van der Waals surface area contributed by atoms with Crippen molar-refractivity contribution in [3.63, 3.8) is 0 Å². The lowest BCUT2D eigenvalue weighted by atomic mass is 9.97. The first-order valence-electron chi connectivity index (χ1n) is 11.1. The van der Waals surface area contributed by atoms with Gasteiger partial charge in [-0.3, -0.25) is 14.4 Å². The van der Waals surface area contributed by atoms with E-state index >= 15 is 0 Å². The number of carbonyl (C=O) groups is 4. The lowest BCUT2D eigenvalue weighted by Gasteiger charge is -2.22. The SMILES string of the molecule is O=C[C@@H](CC(=O)O)NC(=O)[C@H](CC1CCCC1)NC(=O)c1ccc(-c2cccc(C(F)(F)F)c2)o1. The second-order valence-electron chi connectivity index (χ2n) is 8.50. The number of nitrogens with one attached hydrogen (secondary N) is 2. The Kier molecular flexibility index (Phi) is 8.31. The maximum atomic E-state index is 13.0. The average Bonchev–Trinajstić information content (AvgIpc) is 3.49. The van der Waals surface area contributed by atoms with Gasteiger partial charge in [0.2, 0.25) is 5.91 Å². The molecule has 0 spiro atoms. The van der Waals surface area contributed by atoms with E-state index in [2.05, 4.69) is 10.6 Å².